The van der Waals surface area contributed by atoms with E-state index in [1.165, 1.54) is 0 Å². The smallest absolute Gasteiger partial charge is 0.219 e. The van der Waals surface area contributed by atoms with Crippen molar-refractivity contribution < 1.29 is 13.2 Å². The summed E-state index contributed by atoms with van der Waals surface area (Å²) in [5, 5.41) is 3.19. The molecule has 1 fully saturated rings. The van der Waals surface area contributed by atoms with E-state index >= 15 is 0 Å². The molecule has 0 aromatic carbocycles. The van der Waals surface area contributed by atoms with Crippen LogP contribution in [0.15, 0.2) is 0 Å². The van der Waals surface area contributed by atoms with Gasteiger partial charge in [0.2, 0.25) is 5.91 Å². The molecule has 0 aromatic heterocycles. The minimum atomic E-state index is -3.04. The summed E-state index contributed by atoms with van der Waals surface area (Å²) in [5.41, 5.74) is 4.57. The Bertz CT molecular complexity index is 353. The van der Waals surface area contributed by atoms with Crippen LogP contribution in [0.25, 0.3) is 0 Å². The molecule has 0 bridgehead atoms. The summed E-state index contributed by atoms with van der Waals surface area (Å²) in [7, 11) is -3.04. The Morgan fingerprint density at radius 1 is 1.50 bits per heavy atom. The van der Waals surface area contributed by atoms with Gasteiger partial charge >= 0.3 is 0 Å². The Morgan fingerprint density at radius 2 is 2.19 bits per heavy atom. The second-order valence-electron chi connectivity index (χ2n) is 4.55. The van der Waals surface area contributed by atoms with Crippen LogP contribution in [0.3, 0.4) is 0 Å². The number of hydrogen-bond donors (Lipinski definition) is 2. The average molecular weight is 248 g/mol. The maximum atomic E-state index is 11.6. The number of amides is 1. The van der Waals surface area contributed by atoms with Gasteiger partial charge in [-0.3, -0.25) is 4.79 Å². The Hall–Kier alpha value is -0.620. The van der Waals surface area contributed by atoms with Gasteiger partial charge in [0.1, 0.15) is 0 Å². The van der Waals surface area contributed by atoms with Crippen molar-refractivity contribution in [3.05, 3.63) is 0 Å². The molecule has 1 atom stereocenters. The SMILES string of the molecule is CCCNC1(CC(N)=O)CCCS(=O)(=O)C1. The van der Waals surface area contributed by atoms with E-state index in [1.54, 1.807) is 0 Å². The minimum absolute atomic E-state index is 0.0307. The lowest BCUT2D eigenvalue weighted by molar-refractivity contribution is -0.119. The average Bonchev–Trinajstić information content (AvgIpc) is 2.12. The van der Waals surface area contributed by atoms with E-state index in [9.17, 15) is 13.2 Å². The predicted molar refractivity (Wildman–Crippen MR) is 62.7 cm³/mol. The molecule has 1 aliphatic heterocycles. The first-order valence-corrected chi connectivity index (χ1v) is 7.45. The number of nitrogens with two attached hydrogens (primary N) is 1. The standard InChI is InChI=1S/C10H20N2O3S/c1-2-5-12-10(7-9(11)13)4-3-6-16(14,15)8-10/h12H,2-8H2,1H3,(H2,11,13). The highest BCUT2D eigenvalue weighted by Crippen LogP contribution is 2.26. The molecule has 0 aliphatic carbocycles. The van der Waals surface area contributed by atoms with Crippen molar-refractivity contribution in [2.45, 2.75) is 38.1 Å². The summed E-state index contributed by atoms with van der Waals surface area (Å²) < 4.78 is 23.2. The highest BCUT2D eigenvalue weighted by molar-refractivity contribution is 7.91. The fourth-order valence-corrected chi connectivity index (χ4v) is 4.18. The van der Waals surface area contributed by atoms with Crippen molar-refractivity contribution in [2.75, 3.05) is 18.1 Å². The van der Waals surface area contributed by atoms with Crippen LogP contribution >= 0.6 is 0 Å². The second-order valence-corrected chi connectivity index (χ2v) is 6.73. The van der Waals surface area contributed by atoms with Gasteiger partial charge in [-0.05, 0) is 25.8 Å². The van der Waals surface area contributed by atoms with Crippen LogP contribution in [0, 0.1) is 0 Å². The highest BCUT2D eigenvalue weighted by atomic mass is 32.2. The molecule has 1 saturated heterocycles. The van der Waals surface area contributed by atoms with E-state index in [2.05, 4.69) is 5.32 Å². The van der Waals surface area contributed by atoms with Crippen molar-refractivity contribution in [1.29, 1.82) is 0 Å². The normalized spacial score (nSPS) is 28.8. The lowest BCUT2D eigenvalue weighted by Crippen LogP contribution is -2.55. The largest absolute Gasteiger partial charge is 0.370 e. The number of nitrogens with one attached hydrogen (secondary N) is 1. The van der Waals surface area contributed by atoms with Crippen LogP contribution in [0.1, 0.15) is 32.6 Å². The topological polar surface area (TPSA) is 89.3 Å². The quantitative estimate of drug-likeness (QED) is 0.705. The van der Waals surface area contributed by atoms with Crippen molar-refractivity contribution in [2.24, 2.45) is 5.73 Å². The molecule has 0 saturated carbocycles. The third-order valence-corrected chi connectivity index (χ3v) is 4.77. The Labute approximate surface area is 96.7 Å². The maximum absolute atomic E-state index is 11.6. The molecular weight excluding hydrogens is 228 g/mol. The van der Waals surface area contributed by atoms with Gasteiger partial charge in [-0.2, -0.15) is 0 Å². The molecule has 94 valence electrons. The number of sulfone groups is 1. The zero-order valence-electron chi connectivity index (χ0n) is 9.66. The van der Waals surface area contributed by atoms with Gasteiger partial charge in [-0.25, -0.2) is 8.42 Å². The number of primary amides is 1. The molecule has 0 radical (unpaired) electrons. The van der Waals surface area contributed by atoms with Gasteiger partial charge in [0, 0.05) is 12.0 Å². The Morgan fingerprint density at radius 3 is 2.69 bits per heavy atom. The first kappa shape index (κ1) is 13.4. The number of carbonyl (C=O) groups is 1. The lowest BCUT2D eigenvalue weighted by atomic mass is 9.91. The van der Waals surface area contributed by atoms with Crippen LogP contribution in [0.2, 0.25) is 0 Å². The van der Waals surface area contributed by atoms with Gasteiger partial charge in [-0.1, -0.05) is 6.92 Å². The van der Waals surface area contributed by atoms with Crippen molar-refractivity contribution in [1.82, 2.24) is 5.32 Å². The predicted octanol–water partition coefficient (Wildman–Crippen LogP) is -0.191. The van der Waals surface area contributed by atoms with E-state index in [-0.39, 0.29) is 17.9 Å². The molecule has 1 rings (SSSR count). The summed E-state index contributed by atoms with van der Waals surface area (Å²) in [4.78, 5) is 11.0. The molecule has 0 aromatic rings. The third kappa shape index (κ3) is 3.75. The molecule has 0 spiro atoms. The summed E-state index contributed by atoms with van der Waals surface area (Å²) in [6.45, 7) is 2.71. The van der Waals surface area contributed by atoms with Crippen LogP contribution in [-0.2, 0) is 14.6 Å². The number of rotatable bonds is 5. The zero-order valence-corrected chi connectivity index (χ0v) is 10.5. The van der Waals surface area contributed by atoms with Gasteiger partial charge in [0.05, 0.1) is 11.5 Å². The Balaban J connectivity index is 2.80. The first-order chi connectivity index (χ1) is 7.39. The van der Waals surface area contributed by atoms with E-state index in [4.69, 9.17) is 5.73 Å². The first-order valence-electron chi connectivity index (χ1n) is 5.63. The fourth-order valence-electron chi connectivity index (χ4n) is 2.26. The van der Waals surface area contributed by atoms with Crippen LogP contribution < -0.4 is 11.1 Å². The number of carbonyl (C=O) groups excluding carboxylic acids is 1. The number of hydrogen-bond acceptors (Lipinski definition) is 4. The molecule has 6 heteroatoms. The molecule has 16 heavy (non-hydrogen) atoms. The molecule has 1 heterocycles. The lowest BCUT2D eigenvalue weighted by Gasteiger charge is -2.37. The molecule has 1 unspecified atom stereocenters. The third-order valence-electron chi connectivity index (χ3n) is 2.87. The van der Waals surface area contributed by atoms with Crippen molar-refractivity contribution >= 4 is 15.7 Å². The van der Waals surface area contributed by atoms with E-state index in [1.807, 2.05) is 6.92 Å². The van der Waals surface area contributed by atoms with Gasteiger partial charge in [-0.15, -0.1) is 0 Å². The minimum Gasteiger partial charge on any atom is -0.370 e. The van der Waals surface area contributed by atoms with Crippen LogP contribution in [-0.4, -0.2) is 37.9 Å². The van der Waals surface area contributed by atoms with E-state index < -0.39 is 21.3 Å². The molecule has 5 nitrogen and oxygen atoms in total. The van der Waals surface area contributed by atoms with Crippen molar-refractivity contribution in [3.63, 3.8) is 0 Å². The Kier molecular flexibility index (Phi) is 4.32. The van der Waals surface area contributed by atoms with E-state index in [0.717, 1.165) is 6.42 Å². The zero-order chi connectivity index (χ0) is 12.2. The van der Waals surface area contributed by atoms with Gasteiger partial charge in [0.15, 0.2) is 9.84 Å². The fraction of sp³-hybridized carbons (Fsp3) is 0.900. The van der Waals surface area contributed by atoms with Gasteiger partial charge < -0.3 is 11.1 Å². The van der Waals surface area contributed by atoms with Crippen molar-refractivity contribution in [3.8, 4) is 0 Å². The summed E-state index contributed by atoms with van der Waals surface area (Å²) in [5.74, 6) is -0.190. The van der Waals surface area contributed by atoms with Crippen LogP contribution in [0.4, 0.5) is 0 Å². The summed E-state index contributed by atoms with van der Waals surface area (Å²) >= 11 is 0. The van der Waals surface area contributed by atoms with Crippen LogP contribution in [0.5, 0.6) is 0 Å². The molecule has 1 aliphatic rings. The molecule has 1 amide bonds. The van der Waals surface area contributed by atoms with Gasteiger partial charge in [0.25, 0.3) is 0 Å². The molecule has 3 N–H and O–H groups in total. The maximum Gasteiger partial charge on any atom is 0.219 e. The summed E-state index contributed by atoms with van der Waals surface area (Å²) in [6.07, 6.45) is 2.31. The summed E-state index contributed by atoms with van der Waals surface area (Å²) in [6, 6.07) is 0. The highest BCUT2D eigenvalue weighted by Gasteiger charge is 2.39. The second kappa shape index (κ2) is 5.14. The molecular formula is C10H20N2O3S. The van der Waals surface area contributed by atoms with E-state index in [0.29, 0.717) is 19.4 Å². The monoisotopic (exact) mass is 248 g/mol.